The Morgan fingerprint density at radius 2 is 1.61 bits per heavy atom. The lowest BCUT2D eigenvalue weighted by molar-refractivity contribution is -0.765. The van der Waals surface area contributed by atoms with Crippen molar-refractivity contribution in [3.63, 3.8) is 0 Å². The number of pyridine rings is 1. The molecule has 0 spiro atoms. The summed E-state index contributed by atoms with van der Waals surface area (Å²) in [4.78, 5) is 43.3. The SMILES string of the molecule is NC(=O)c1ccc[n+]([C@H]2O[C@H](COP(=O)(O)OP(=O)(O)OC[C@@H]3O[C@@H](n4cnc5c(N)ncnc54)[C@H](O)[C@@H]3O)[C@@H](O)[C@H]2O)c1. The molecule has 10 N–H and O–H groups in total. The number of rotatable bonds is 11. The van der Waals surface area contributed by atoms with Crippen molar-refractivity contribution in [3.05, 3.63) is 42.7 Å². The molecule has 3 aromatic heterocycles. The average Bonchev–Trinajstić information content (AvgIpc) is 3.61. The van der Waals surface area contributed by atoms with E-state index < -0.39 is 83.8 Å². The highest BCUT2D eigenvalue weighted by atomic mass is 31.3. The number of amides is 1. The van der Waals surface area contributed by atoms with Gasteiger partial charge in [-0.1, -0.05) is 0 Å². The van der Waals surface area contributed by atoms with Crippen LogP contribution in [0.2, 0.25) is 0 Å². The fraction of sp³-hybridized carbons (Fsp3) is 0.476. The minimum absolute atomic E-state index is 0.0505. The highest BCUT2D eigenvalue weighted by Gasteiger charge is 2.50. The Morgan fingerprint density at radius 3 is 2.27 bits per heavy atom. The number of fused-ring (bicyclic) bond motifs is 1. The van der Waals surface area contributed by atoms with Crippen molar-refractivity contribution >= 4 is 38.5 Å². The summed E-state index contributed by atoms with van der Waals surface area (Å²) in [6.45, 7) is -1.80. The first kappa shape index (κ1) is 32.4. The second-order valence-corrected chi connectivity index (χ2v) is 12.7. The predicted octanol–water partition coefficient (Wildman–Crippen LogP) is -3.02. The maximum absolute atomic E-state index is 12.4. The number of hydrogen-bond donors (Lipinski definition) is 8. The van der Waals surface area contributed by atoms with Gasteiger partial charge in [-0.3, -0.25) is 18.4 Å². The number of phosphoric acid groups is 2. The van der Waals surface area contributed by atoms with Gasteiger partial charge in [0, 0.05) is 6.07 Å². The van der Waals surface area contributed by atoms with Crippen molar-refractivity contribution in [1.82, 2.24) is 19.5 Å². The predicted molar refractivity (Wildman–Crippen MR) is 139 cm³/mol. The summed E-state index contributed by atoms with van der Waals surface area (Å²) in [5.74, 6) is -0.714. The van der Waals surface area contributed by atoms with Crippen LogP contribution in [0.5, 0.6) is 0 Å². The molecule has 0 aliphatic carbocycles. The second-order valence-electron chi connectivity index (χ2n) is 9.69. The summed E-state index contributed by atoms with van der Waals surface area (Å²) in [5.41, 5.74) is 11.4. The molecule has 0 aromatic carbocycles. The van der Waals surface area contributed by atoms with E-state index in [-0.39, 0.29) is 22.5 Å². The second kappa shape index (κ2) is 12.4. The standard InChI is InChI=1S/C21H27N7O14P2/c22-17-12-19(25-7-24-17)28(8-26-12)21-16(32)14(30)11(41-21)6-39-44(36,37)42-43(34,35)38-5-10-13(29)15(31)20(40-10)27-3-1-2-9(4-27)18(23)33/h1-4,7-8,10-11,13-16,20-21,29-32H,5-6H2,(H5-,22,23,24,25,33,34,35,36,37)/p+1/t10-,11+,13-,14-,15-,16-,20+,21-/m1/s1. The number of ether oxygens (including phenoxy) is 2. The number of aliphatic hydroxyl groups is 4. The Bertz CT molecular complexity index is 1630. The lowest BCUT2D eigenvalue weighted by Gasteiger charge is -2.20. The maximum atomic E-state index is 12.4. The fourth-order valence-corrected chi connectivity index (χ4v) is 6.67. The first-order valence-electron chi connectivity index (χ1n) is 12.6. The molecule has 2 unspecified atom stereocenters. The molecular formula is C21H28N7O14P2+. The summed E-state index contributed by atoms with van der Waals surface area (Å²) >= 11 is 0. The number of aromatic nitrogens is 5. The van der Waals surface area contributed by atoms with Crippen molar-refractivity contribution in [1.29, 1.82) is 0 Å². The molecule has 0 saturated carbocycles. The molecule has 44 heavy (non-hydrogen) atoms. The van der Waals surface area contributed by atoms with Gasteiger partial charge in [0.15, 0.2) is 36.2 Å². The van der Waals surface area contributed by atoms with E-state index in [0.717, 1.165) is 6.33 Å². The molecule has 5 rings (SSSR count). The fourth-order valence-electron chi connectivity index (χ4n) is 4.58. The van der Waals surface area contributed by atoms with Gasteiger partial charge in [-0.2, -0.15) is 8.88 Å². The number of anilines is 1. The van der Waals surface area contributed by atoms with Gasteiger partial charge in [0.1, 0.15) is 47.9 Å². The van der Waals surface area contributed by atoms with Gasteiger partial charge in [0.05, 0.1) is 19.5 Å². The first-order valence-corrected chi connectivity index (χ1v) is 15.6. The molecule has 23 heteroatoms. The number of imidazole rings is 1. The van der Waals surface area contributed by atoms with E-state index in [1.165, 1.54) is 40.0 Å². The molecule has 1 amide bonds. The Labute approximate surface area is 246 Å². The summed E-state index contributed by atoms with van der Waals surface area (Å²) < 4.78 is 52.0. The van der Waals surface area contributed by atoms with Gasteiger partial charge in [-0.25, -0.2) is 24.1 Å². The van der Waals surface area contributed by atoms with E-state index in [2.05, 4.69) is 23.8 Å². The smallest absolute Gasteiger partial charge is 0.387 e. The molecule has 3 aromatic rings. The molecule has 2 fully saturated rings. The van der Waals surface area contributed by atoms with Crippen molar-refractivity contribution < 1.29 is 71.5 Å². The molecule has 2 aliphatic rings. The normalized spacial score (nSPS) is 31.6. The van der Waals surface area contributed by atoms with Crippen molar-refractivity contribution in [2.24, 2.45) is 5.73 Å². The van der Waals surface area contributed by atoms with Crippen LogP contribution in [-0.4, -0.2) is 105 Å². The summed E-state index contributed by atoms with van der Waals surface area (Å²) in [7, 11) is -10.7. The number of nitrogens with zero attached hydrogens (tertiary/aromatic N) is 5. The highest BCUT2D eigenvalue weighted by molar-refractivity contribution is 7.61. The van der Waals surface area contributed by atoms with Gasteiger partial charge >= 0.3 is 15.6 Å². The van der Waals surface area contributed by atoms with Crippen LogP contribution < -0.4 is 16.0 Å². The Hall–Kier alpha value is -3.01. The third-order valence-electron chi connectivity index (χ3n) is 6.75. The number of carbonyl (C=O) groups is 1. The zero-order valence-corrected chi connectivity index (χ0v) is 24.0. The molecule has 5 heterocycles. The van der Waals surface area contributed by atoms with E-state index in [1.807, 2.05) is 0 Å². The number of aliphatic hydroxyl groups excluding tert-OH is 4. The topological polar surface area (TPSA) is 318 Å². The first-order chi connectivity index (χ1) is 20.7. The van der Waals surface area contributed by atoms with Crippen molar-refractivity contribution in [2.75, 3.05) is 18.9 Å². The number of phosphoric ester groups is 2. The van der Waals surface area contributed by atoms with Crippen LogP contribution in [0.1, 0.15) is 22.8 Å². The molecule has 2 aliphatic heterocycles. The average molecular weight is 664 g/mol. The number of primary amides is 1. The summed E-state index contributed by atoms with van der Waals surface area (Å²) in [6, 6.07) is 2.83. The quantitative estimate of drug-likeness (QED) is 0.0747. The van der Waals surface area contributed by atoms with E-state index in [1.54, 1.807) is 0 Å². The minimum Gasteiger partial charge on any atom is -0.387 e. The minimum atomic E-state index is -5.37. The molecule has 0 bridgehead atoms. The Morgan fingerprint density at radius 1 is 0.977 bits per heavy atom. The van der Waals surface area contributed by atoms with Crippen LogP contribution in [0.3, 0.4) is 0 Å². The van der Waals surface area contributed by atoms with Crippen molar-refractivity contribution in [3.8, 4) is 0 Å². The highest BCUT2D eigenvalue weighted by Crippen LogP contribution is 2.60. The van der Waals surface area contributed by atoms with E-state index in [4.69, 9.17) is 25.5 Å². The van der Waals surface area contributed by atoms with Crippen LogP contribution in [-0.2, 0) is 32.0 Å². The monoisotopic (exact) mass is 664 g/mol. The largest absolute Gasteiger partial charge is 0.481 e. The van der Waals surface area contributed by atoms with E-state index in [9.17, 15) is 44.1 Å². The van der Waals surface area contributed by atoms with Gasteiger partial charge in [-0.15, -0.1) is 0 Å². The van der Waals surface area contributed by atoms with E-state index >= 15 is 0 Å². The molecule has 10 atom stereocenters. The third kappa shape index (κ3) is 6.65. The Kier molecular flexibility index (Phi) is 9.13. The van der Waals surface area contributed by atoms with Gasteiger partial charge in [-0.05, 0) is 6.07 Å². The number of nitrogens with two attached hydrogens (primary N) is 2. The molecule has 240 valence electrons. The zero-order chi connectivity index (χ0) is 32.0. The molecular weight excluding hydrogens is 636 g/mol. The van der Waals surface area contributed by atoms with Crippen LogP contribution in [0.4, 0.5) is 5.82 Å². The number of nitrogen functional groups attached to an aromatic ring is 1. The summed E-state index contributed by atoms with van der Waals surface area (Å²) in [6.07, 6.45) is -6.85. The molecule has 2 saturated heterocycles. The summed E-state index contributed by atoms with van der Waals surface area (Å²) in [5, 5.41) is 41.6. The van der Waals surface area contributed by atoms with E-state index in [0.29, 0.717) is 0 Å². The third-order valence-corrected chi connectivity index (χ3v) is 9.35. The Balaban J connectivity index is 1.16. The maximum Gasteiger partial charge on any atom is 0.481 e. The van der Waals surface area contributed by atoms with Crippen LogP contribution in [0, 0.1) is 0 Å². The lowest BCUT2D eigenvalue weighted by atomic mass is 10.1. The zero-order valence-electron chi connectivity index (χ0n) is 22.2. The van der Waals surface area contributed by atoms with Gasteiger partial charge in [0.2, 0.25) is 0 Å². The van der Waals surface area contributed by atoms with Gasteiger partial charge < -0.3 is 51.2 Å². The van der Waals surface area contributed by atoms with Crippen molar-refractivity contribution in [2.45, 2.75) is 49.1 Å². The lowest BCUT2D eigenvalue weighted by Crippen LogP contribution is -2.46. The number of carbonyl (C=O) groups excluding carboxylic acids is 1. The van der Waals surface area contributed by atoms with Crippen LogP contribution in [0.15, 0.2) is 37.2 Å². The molecule has 0 radical (unpaired) electrons. The molecule has 21 nitrogen and oxygen atoms in total. The van der Waals surface area contributed by atoms with Gasteiger partial charge in [0.25, 0.3) is 12.1 Å². The van der Waals surface area contributed by atoms with Crippen LogP contribution in [0.25, 0.3) is 11.2 Å². The van der Waals surface area contributed by atoms with Crippen LogP contribution >= 0.6 is 15.6 Å². The number of hydrogen-bond acceptors (Lipinski definition) is 16.